The van der Waals surface area contributed by atoms with Crippen LogP contribution in [0, 0.1) is 12.0 Å². The molecule has 2 aliphatic rings. The number of benzene rings is 1. The lowest BCUT2D eigenvalue weighted by molar-refractivity contribution is -0.132. The van der Waals surface area contributed by atoms with Gasteiger partial charge in [-0.1, -0.05) is 32.0 Å². The Labute approximate surface area is 143 Å². The first kappa shape index (κ1) is 16.5. The summed E-state index contributed by atoms with van der Waals surface area (Å²) in [6, 6.07) is 6.36. The highest BCUT2D eigenvalue weighted by molar-refractivity contribution is 6.07. The van der Waals surface area contributed by atoms with E-state index in [9.17, 15) is 4.79 Å². The van der Waals surface area contributed by atoms with Crippen LogP contribution in [0.4, 0.5) is 0 Å². The van der Waals surface area contributed by atoms with E-state index in [1.54, 1.807) is 7.05 Å². The molecule has 5 nitrogen and oxygen atoms in total. The van der Waals surface area contributed by atoms with Crippen molar-refractivity contribution in [3.05, 3.63) is 46.3 Å². The molecule has 1 aromatic rings. The van der Waals surface area contributed by atoms with Gasteiger partial charge in [0.2, 0.25) is 6.54 Å². The van der Waals surface area contributed by atoms with Crippen LogP contribution in [0.5, 0.6) is 0 Å². The number of fused-ring (bicyclic) bond motifs is 2. The van der Waals surface area contributed by atoms with Gasteiger partial charge in [0.1, 0.15) is 0 Å². The zero-order valence-corrected chi connectivity index (χ0v) is 14.6. The molecule has 0 bridgehead atoms. The minimum Gasteiger partial charge on any atom is -0.369 e. The van der Waals surface area contributed by atoms with Crippen LogP contribution in [-0.2, 0) is 23.2 Å². The number of hydrogen-bond acceptors (Lipinski definition) is 3. The van der Waals surface area contributed by atoms with Gasteiger partial charge < -0.3 is 10.6 Å². The van der Waals surface area contributed by atoms with E-state index in [1.807, 2.05) is 0 Å². The largest absolute Gasteiger partial charge is 0.369 e. The maximum atomic E-state index is 13.0. The number of nitrogens with two attached hydrogens (primary N) is 1. The lowest BCUT2D eigenvalue weighted by Gasteiger charge is -2.41. The average Bonchev–Trinajstić information content (AvgIpc) is 2.72. The number of rotatable bonds is 3. The molecule has 0 aromatic heterocycles. The van der Waals surface area contributed by atoms with Crippen LogP contribution in [-0.4, -0.2) is 30.4 Å². The molecule has 2 N–H and O–H groups in total. The molecule has 24 heavy (non-hydrogen) atoms. The highest BCUT2D eigenvalue weighted by atomic mass is 16.2. The summed E-state index contributed by atoms with van der Waals surface area (Å²) in [6.45, 7) is 11.8. The van der Waals surface area contributed by atoms with E-state index in [4.69, 9.17) is 12.3 Å². The number of aryl methyl sites for hydroxylation is 1. The number of carbonyl (C=O) groups excluding carboxylic acids is 1. The van der Waals surface area contributed by atoms with E-state index in [0.717, 1.165) is 30.4 Å². The van der Waals surface area contributed by atoms with E-state index in [-0.39, 0.29) is 11.3 Å². The molecule has 0 fully saturated rings. The molecule has 1 spiro atoms. The third kappa shape index (κ3) is 2.56. The number of amides is 1. The van der Waals surface area contributed by atoms with Gasteiger partial charge in [-0.05, 0) is 41.4 Å². The Balaban J connectivity index is 2.08. The standard InChI is InChI=1S/C19H24N4O/c1-18(2)11-14-8-7-13(6-5-9-21-3)10-15(14)19(12-18)16(24)23(4)17(20)22-19/h7-8,10H,5-6,9,11-12H2,1-2,4H3,(H2,20,22). The van der Waals surface area contributed by atoms with Gasteiger partial charge in [0.15, 0.2) is 11.5 Å². The Hall–Kier alpha value is -2.35. The van der Waals surface area contributed by atoms with Crippen LogP contribution in [0.25, 0.3) is 4.85 Å². The Morgan fingerprint density at radius 3 is 2.79 bits per heavy atom. The third-order valence-electron chi connectivity index (χ3n) is 5.07. The smallest absolute Gasteiger partial charge is 0.261 e. The summed E-state index contributed by atoms with van der Waals surface area (Å²) < 4.78 is 0. The van der Waals surface area contributed by atoms with Crippen LogP contribution in [0.1, 0.15) is 43.4 Å². The number of aliphatic imine (C=N–C) groups is 1. The van der Waals surface area contributed by atoms with Gasteiger partial charge in [0.05, 0.1) is 0 Å². The maximum absolute atomic E-state index is 13.0. The molecule has 0 saturated carbocycles. The molecule has 3 rings (SSSR count). The zero-order chi connectivity index (χ0) is 17.5. The van der Waals surface area contributed by atoms with Gasteiger partial charge >= 0.3 is 0 Å². The van der Waals surface area contributed by atoms with E-state index in [1.165, 1.54) is 10.5 Å². The predicted molar refractivity (Wildman–Crippen MR) is 94.4 cm³/mol. The lowest BCUT2D eigenvalue weighted by Crippen LogP contribution is -2.46. The van der Waals surface area contributed by atoms with Crippen LogP contribution in [0.2, 0.25) is 0 Å². The number of carbonyl (C=O) groups is 1. The Morgan fingerprint density at radius 1 is 1.42 bits per heavy atom. The first-order chi connectivity index (χ1) is 11.3. The Morgan fingerprint density at radius 2 is 2.17 bits per heavy atom. The summed E-state index contributed by atoms with van der Waals surface area (Å²) >= 11 is 0. The summed E-state index contributed by atoms with van der Waals surface area (Å²) in [5.74, 6) is 0.259. The lowest BCUT2D eigenvalue weighted by atomic mass is 9.65. The number of guanidine groups is 1. The van der Waals surface area contributed by atoms with E-state index in [0.29, 0.717) is 18.9 Å². The SMILES string of the molecule is [C-]#[N+]CCCc1ccc2c(c1)C1(CC(C)(C)C2)N=C(N)N(C)C1=O. The van der Waals surface area contributed by atoms with Crippen molar-refractivity contribution >= 4 is 11.9 Å². The Kier molecular flexibility index (Phi) is 3.87. The van der Waals surface area contributed by atoms with Gasteiger partial charge in [-0.3, -0.25) is 9.69 Å². The fraction of sp³-hybridized carbons (Fsp3) is 0.526. The van der Waals surface area contributed by atoms with Crippen molar-refractivity contribution in [2.24, 2.45) is 16.1 Å². The van der Waals surface area contributed by atoms with Crippen molar-refractivity contribution in [1.29, 1.82) is 0 Å². The monoisotopic (exact) mass is 324 g/mol. The molecule has 1 aromatic carbocycles. The van der Waals surface area contributed by atoms with E-state index < -0.39 is 5.54 Å². The normalized spacial score (nSPS) is 24.7. The van der Waals surface area contributed by atoms with E-state index >= 15 is 0 Å². The topological polar surface area (TPSA) is 63.0 Å². The number of hydrogen-bond donors (Lipinski definition) is 1. The second kappa shape index (κ2) is 5.62. The van der Waals surface area contributed by atoms with Crippen molar-refractivity contribution in [3.8, 4) is 0 Å². The van der Waals surface area contributed by atoms with Gasteiger partial charge in [-0.25, -0.2) is 11.6 Å². The predicted octanol–water partition coefficient (Wildman–Crippen LogP) is 2.49. The molecule has 1 amide bonds. The number of likely N-dealkylation sites (N-methyl/N-ethyl adjacent to an activating group) is 1. The van der Waals surface area contributed by atoms with Crippen molar-refractivity contribution < 1.29 is 4.79 Å². The van der Waals surface area contributed by atoms with Crippen molar-refractivity contribution in [3.63, 3.8) is 0 Å². The van der Waals surface area contributed by atoms with Gasteiger partial charge in [-0.15, -0.1) is 0 Å². The molecule has 126 valence electrons. The summed E-state index contributed by atoms with van der Waals surface area (Å²) in [5, 5.41) is 0. The summed E-state index contributed by atoms with van der Waals surface area (Å²) in [5.41, 5.74) is 8.42. The van der Waals surface area contributed by atoms with Crippen LogP contribution in [0.3, 0.4) is 0 Å². The van der Waals surface area contributed by atoms with Gasteiger partial charge in [-0.2, -0.15) is 0 Å². The van der Waals surface area contributed by atoms with Crippen molar-refractivity contribution in [2.75, 3.05) is 13.6 Å². The fourth-order valence-corrected chi connectivity index (χ4v) is 4.04. The fourth-order valence-electron chi connectivity index (χ4n) is 4.04. The van der Waals surface area contributed by atoms with Crippen LogP contribution >= 0.6 is 0 Å². The first-order valence-corrected chi connectivity index (χ1v) is 8.38. The first-order valence-electron chi connectivity index (χ1n) is 8.38. The minimum absolute atomic E-state index is 0.0107. The van der Waals surface area contributed by atoms with Gasteiger partial charge in [0, 0.05) is 13.5 Å². The quantitative estimate of drug-likeness (QED) is 0.686. The average molecular weight is 324 g/mol. The third-order valence-corrected chi connectivity index (χ3v) is 5.07. The summed E-state index contributed by atoms with van der Waals surface area (Å²) in [6.07, 6.45) is 3.28. The molecule has 1 unspecified atom stereocenters. The zero-order valence-electron chi connectivity index (χ0n) is 14.6. The van der Waals surface area contributed by atoms with Gasteiger partial charge in [0.25, 0.3) is 5.91 Å². The molecule has 1 aliphatic heterocycles. The minimum atomic E-state index is -0.883. The molecule has 1 atom stereocenters. The van der Waals surface area contributed by atoms with Crippen molar-refractivity contribution in [1.82, 2.24) is 4.90 Å². The highest BCUT2D eigenvalue weighted by Gasteiger charge is 2.54. The molecular formula is C19H24N4O. The molecular weight excluding hydrogens is 300 g/mol. The second-order valence-corrected chi connectivity index (χ2v) is 7.69. The van der Waals surface area contributed by atoms with Crippen LogP contribution < -0.4 is 5.73 Å². The Bertz CT molecular complexity index is 759. The molecule has 0 radical (unpaired) electrons. The van der Waals surface area contributed by atoms with E-state index in [2.05, 4.69) is 41.9 Å². The van der Waals surface area contributed by atoms with Crippen molar-refractivity contribution in [2.45, 2.75) is 45.1 Å². The number of nitrogens with zero attached hydrogens (tertiary/aromatic N) is 3. The molecule has 1 aliphatic carbocycles. The summed E-state index contributed by atoms with van der Waals surface area (Å²) in [7, 11) is 1.69. The molecule has 5 heteroatoms. The molecule has 0 saturated heterocycles. The highest BCUT2D eigenvalue weighted by Crippen LogP contribution is 2.49. The molecule has 1 heterocycles. The maximum Gasteiger partial charge on any atom is 0.261 e. The summed E-state index contributed by atoms with van der Waals surface area (Å²) in [4.78, 5) is 22.5. The van der Waals surface area contributed by atoms with Crippen LogP contribution in [0.15, 0.2) is 23.2 Å². The second-order valence-electron chi connectivity index (χ2n) is 7.69.